The summed E-state index contributed by atoms with van der Waals surface area (Å²) >= 11 is 6.49. The number of carbonyl (C=O) groups excluding carboxylic acids is 1. The van der Waals surface area contributed by atoms with Crippen LogP contribution < -0.4 is 4.74 Å². The SMILES string of the molecule is CCCCOc1ccc(C(=O)CCCN(C)C2CCC3(CC=Cc4c(Cl)cccc43)CC2)cc1.Cl. The van der Waals surface area contributed by atoms with Crippen molar-refractivity contribution in [2.75, 3.05) is 20.2 Å². The Hall–Kier alpha value is -1.81. The summed E-state index contributed by atoms with van der Waals surface area (Å²) in [4.78, 5) is 15.1. The molecule has 3 nitrogen and oxygen atoms in total. The molecule has 0 aliphatic heterocycles. The second-order valence-corrected chi connectivity index (χ2v) is 10.5. The second kappa shape index (κ2) is 12.9. The largest absolute Gasteiger partial charge is 0.494 e. The zero-order valence-corrected chi connectivity index (χ0v) is 22.7. The minimum atomic E-state index is 0. The minimum absolute atomic E-state index is 0. The van der Waals surface area contributed by atoms with E-state index in [4.69, 9.17) is 16.3 Å². The second-order valence-electron chi connectivity index (χ2n) is 10.1. The fraction of sp³-hybridized carbons (Fsp3) is 0.500. The third kappa shape index (κ3) is 6.70. The lowest BCUT2D eigenvalue weighted by Gasteiger charge is -2.45. The first-order valence-electron chi connectivity index (χ1n) is 12.9. The Bertz CT molecular complexity index is 994. The molecule has 0 aromatic heterocycles. The van der Waals surface area contributed by atoms with Gasteiger partial charge >= 0.3 is 0 Å². The van der Waals surface area contributed by atoms with Gasteiger partial charge < -0.3 is 9.64 Å². The molecule has 5 heteroatoms. The van der Waals surface area contributed by atoms with Crippen LogP contribution in [0.3, 0.4) is 0 Å². The molecule has 1 saturated carbocycles. The van der Waals surface area contributed by atoms with Crippen LogP contribution >= 0.6 is 24.0 Å². The van der Waals surface area contributed by atoms with Gasteiger partial charge in [-0.3, -0.25) is 4.79 Å². The minimum Gasteiger partial charge on any atom is -0.494 e. The van der Waals surface area contributed by atoms with Crippen molar-refractivity contribution in [3.05, 3.63) is 70.3 Å². The number of ether oxygens (including phenoxy) is 1. The van der Waals surface area contributed by atoms with Crippen LogP contribution in [0.2, 0.25) is 5.02 Å². The zero-order valence-electron chi connectivity index (χ0n) is 21.1. The molecule has 190 valence electrons. The molecule has 2 aliphatic rings. The van der Waals surface area contributed by atoms with Gasteiger partial charge in [0.05, 0.1) is 6.61 Å². The molecule has 0 unspecified atom stereocenters. The van der Waals surface area contributed by atoms with Crippen LogP contribution in [0.4, 0.5) is 0 Å². The molecule has 2 aromatic carbocycles. The molecule has 2 aromatic rings. The highest BCUT2D eigenvalue weighted by molar-refractivity contribution is 6.32. The average molecular weight is 517 g/mol. The summed E-state index contributed by atoms with van der Waals surface area (Å²) in [5.74, 6) is 1.07. The fourth-order valence-electron chi connectivity index (χ4n) is 5.64. The molecule has 0 N–H and O–H groups in total. The maximum atomic E-state index is 12.6. The molecule has 0 bridgehead atoms. The first-order chi connectivity index (χ1) is 16.5. The number of hydrogen-bond donors (Lipinski definition) is 0. The number of carbonyl (C=O) groups is 1. The van der Waals surface area contributed by atoms with Gasteiger partial charge in [-0.1, -0.05) is 49.2 Å². The summed E-state index contributed by atoms with van der Waals surface area (Å²) in [6.07, 6.45) is 14.1. The number of halogens is 2. The number of fused-ring (bicyclic) bond motifs is 2. The smallest absolute Gasteiger partial charge is 0.162 e. The summed E-state index contributed by atoms with van der Waals surface area (Å²) in [5.41, 5.74) is 3.69. The lowest BCUT2D eigenvalue weighted by molar-refractivity contribution is 0.0966. The van der Waals surface area contributed by atoms with Crippen molar-refractivity contribution in [1.82, 2.24) is 4.90 Å². The van der Waals surface area contributed by atoms with E-state index < -0.39 is 0 Å². The first-order valence-corrected chi connectivity index (χ1v) is 13.3. The molecule has 0 saturated heterocycles. The number of benzene rings is 2. The molecule has 0 radical (unpaired) electrons. The number of rotatable bonds is 10. The number of allylic oxidation sites excluding steroid dienone is 1. The van der Waals surface area contributed by atoms with Crippen molar-refractivity contribution in [3.63, 3.8) is 0 Å². The van der Waals surface area contributed by atoms with Crippen molar-refractivity contribution < 1.29 is 9.53 Å². The molecular weight excluding hydrogens is 477 g/mol. The van der Waals surface area contributed by atoms with Crippen molar-refractivity contribution in [2.45, 2.75) is 76.2 Å². The van der Waals surface area contributed by atoms with Crippen molar-refractivity contribution in [1.29, 1.82) is 0 Å². The normalized spacial score (nSPS) is 21.0. The number of ketones is 1. The molecule has 1 fully saturated rings. The lowest BCUT2D eigenvalue weighted by Crippen LogP contribution is -2.41. The Balaban J connectivity index is 0.00000342. The van der Waals surface area contributed by atoms with E-state index in [2.05, 4.69) is 43.2 Å². The molecule has 0 amide bonds. The topological polar surface area (TPSA) is 29.5 Å². The van der Waals surface area contributed by atoms with Gasteiger partial charge in [0.25, 0.3) is 0 Å². The summed E-state index contributed by atoms with van der Waals surface area (Å²) in [5, 5.41) is 0.871. The molecule has 2 aliphatic carbocycles. The third-order valence-corrected chi connectivity index (χ3v) is 8.14. The van der Waals surface area contributed by atoms with Crippen molar-refractivity contribution in [2.24, 2.45) is 0 Å². The van der Waals surface area contributed by atoms with Crippen molar-refractivity contribution in [3.8, 4) is 5.75 Å². The average Bonchev–Trinajstić information content (AvgIpc) is 2.86. The van der Waals surface area contributed by atoms with Crippen LogP contribution in [-0.2, 0) is 5.41 Å². The van der Waals surface area contributed by atoms with E-state index in [1.807, 2.05) is 30.3 Å². The predicted octanol–water partition coefficient (Wildman–Crippen LogP) is 8.13. The van der Waals surface area contributed by atoms with Crippen LogP contribution in [0.15, 0.2) is 48.5 Å². The lowest BCUT2D eigenvalue weighted by atomic mass is 9.63. The maximum Gasteiger partial charge on any atom is 0.162 e. The monoisotopic (exact) mass is 515 g/mol. The van der Waals surface area contributed by atoms with E-state index in [0.29, 0.717) is 12.5 Å². The van der Waals surface area contributed by atoms with Gasteiger partial charge in [-0.15, -0.1) is 12.4 Å². The summed E-state index contributed by atoms with van der Waals surface area (Å²) < 4.78 is 5.70. The number of Topliss-reactive ketones (excluding diaryl/α,β-unsaturated/α-hetero) is 1. The zero-order chi connectivity index (χ0) is 24.0. The Morgan fingerprint density at radius 2 is 1.86 bits per heavy atom. The molecule has 35 heavy (non-hydrogen) atoms. The molecule has 0 atom stereocenters. The third-order valence-electron chi connectivity index (χ3n) is 7.81. The van der Waals surface area contributed by atoms with Gasteiger partial charge in [0.2, 0.25) is 0 Å². The summed E-state index contributed by atoms with van der Waals surface area (Å²) in [7, 11) is 2.22. The standard InChI is InChI=1S/C30H38ClNO2.ClH/c1-3-4-22-34-25-14-12-23(13-15-25)29(33)11-7-21-32(2)24-16-19-30(20-17-24)18-6-8-26-27(30)9-5-10-28(26)31;/h5-6,8-10,12-15,24H,3-4,7,11,16-22H2,1-2H3;1H. The predicted molar refractivity (Wildman–Crippen MR) is 149 cm³/mol. The van der Waals surface area contributed by atoms with Gasteiger partial charge in [0.15, 0.2) is 5.78 Å². The maximum absolute atomic E-state index is 12.6. The Morgan fingerprint density at radius 1 is 1.11 bits per heavy atom. The number of hydrogen-bond acceptors (Lipinski definition) is 3. The molecular formula is C30H39Cl2NO2. The van der Waals surface area contributed by atoms with E-state index in [1.165, 1.54) is 36.8 Å². The van der Waals surface area contributed by atoms with Crippen LogP contribution in [0.5, 0.6) is 5.75 Å². The Morgan fingerprint density at radius 3 is 2.57 bits per heavy atom. The van der Waals surface area contributed by atoms with Gasteiger partial charge in [-0.25, -0.2) is 0 Å². The quantitative estimate of drug-likeness (QED) is 0.236. The van der Waals surface area contributed by atoms with Crippen LogP contribution in [0.1, 0.15) is 86.2 Å². The Kier molecular flexibility index (Phi) is 10.3. The van der Waals surface area contributed by atoms with Crippen LogP contribution in [0, 0.1) is 0 Å². The van der Waals surface area contributed by atoms with E-state index in [1.54, 1.807) is 0 Å². The molecule has 1 spiro atoms. The number of nitrogens with zero attached hydrogens (tertiary/aromatic N) is 1. The van der Waals surface area contributed by atoms with Gasteiger partial charge in [0.1, 0.15) is 5.75 Å². The van der Waals surface area contributed by atoms with Gasteiger partial charge in [-0.05, 0) is 105 Å². The van der Waals surface area contributed by atoms with Crippen LogP contribution in [-0.4, -0.2) is 36.9 Å². The van der Waals surface area contributed by atoms with Gasteiger partial charge in [0, 0.05) is 23.0 Å². The Labute approximate surface area is 222 Å². The fourth-order valence-corrected chi connectivity index (χ4v) is 5.88. The highest BCUT2D eigenvalue weighted by Crippen LogP contribution is 2.48. The number of unbranched alkanes of at least 4 members (excludes halogenated alkanes) is 1. The highest BCUT2D eigenvalue weighted by atomic mass is 35.5. The molecule has 4 rings (SSSR count). The van der Waals surface area contributed by atoms with E-state index in [0.717, 1.165) is 55.2 Å². The van der Waals surface area contributed by atoms with Crippen molar-refractivity contribution >= 4 is 35.9 Å². The summed E-state index contributed by atoms with van der Waals surface area (Å²) in [6, 6.07) is 14.6. The van der Waals surface area contributed by atoms with E-state index in [-0.39, 0.29) is 23.6 Å². The molecule has 0 heterocycles. The van der Waals surface area contributed by atoms with E-state index in [9.17, 15) is 4.79 Å². The first kappa shape index (κ1) is 27.8. The summed E-state index contributed by atoms with van der Waals surface area (Å²) in [6.45, 7) is 3.84. The van der Waals surface area contributed by atoms with Crippen LogP contribution in [0.25, 0.3) is 6.08 Å². The highest BCUT2D eigenvalue weighted by Gasteiger charge is 2.39. The van der Waals surface area contributed by atoms with Gasteiger partial charge in [-0.2, -0.15) is 0 Å². The van der Waals surface area contributed by atoms with E-state index >= 15 is 0 Å².